The summed E-state index contributed by atoms with van der Waals surface area (Å²) < 4.78 is 10.2. The van der Waals surface area contributed by atoms with Crippen LogP contribution in [0.1, 0.15) is 25.0 Å². The van der Waals surface area contributed by atoms with Gasteiger partial charge in [0.05, 0.1) is 20.3 Å². The number of carbonyl (C=O) groups is 1. The molecule has 1 atom stereocenters. The summed E-state index contributed by atoms with van der Waals surface area (Å²) in [5.74, 6) is 1.10. The number of rotatable bonds is 5. The maximum Gasteiger partial charge on any atom is 0.132 e. The minimum Gasteiger partial charge on any atom is -0.497 e. The van der Waals surface area contributed by atoms with Gasteiger partial charge in [-0.25, -0.2) is 0 Å². The summed E-state index contributed by atoms with van der Waals surface area (Å²) in [7, 11) is 3.06. The van der Waals surface area contributed by atoms with Crippen molar-refractivity contribution in [2.75, 3.05) is 14.2 Å². The molecule has 0 amide bonds. The molecule has 4 heteroatoms. The Hall–Kier alpha value is -1.55. The topological polar surface area (TPSA) is 55.8 Å². The molecule has 88 valence electrons. The number of ether oxygens (including phenoxy) is 2. The molecule has 0 saturated heterocycles. The van der Waals surface area contributed by atoms with Gasteiger partial charge in [-0.2, -0.15) is 0 Å². The smallest absolute Gasteiger partial charge is 0.132 e. The molecule has 0 aromatic heterocycles. The van der Waals surface area contributed by atoms with Gasteiger partial charge in [0.1, 0.15) is 17.3 Å². The van der Waals surface area contributed by atoms with Gasteiger partial charge in [0.25, 0.3) is 0 Å². The summed E-state index contributed by atoms with van der Waals surface area (Å²) in [4.78, 5) is 10.9. The predicted octanol–water partition coefficient (Wildman–Crippen LogP) is 1.72. The molecule has 16 heavy (non-hydrogen) atoms. The normalized spacial score (nSPS) is 12.0. The van der Waals surface area contributed by atoms with E-state index >= 15 is 0 Å². The highest BCUT2D eigenvalue weighted by Crippen LogP contribution is 2.30. The van der Waals surface area contributed by atoms with Gasteiger partial charge in [0.15, 0.2) is 0 Å². The first-order chi connectivity index (χ1) is 7.58. The molecule has 1 N–H and O–H groups in total. The van der Waals surface area contributed by atoms with E-state index in [2.05, 4.69) is 0 Å². The van der Waals surface area contributed by atoms with Crippen LogP contribution in [0.15, 0.2) is 18.2 Å². The number of carbonyl (C=O) groups excluding carboxylic acids is 1. The molecule has 1 aromatic carbocycles. The fourth-order valence-corrected chi connectivity index (χ4v) is 1.48. The Morgan fingerprint density at radius 2 is 2.06 bits per heavy atom. The Bertz CT molecular complexity index is 373. The number of aliphatic hydroxyl groups excluding tert-OH is 1. The minimum absolute atomic E-state index is 0.0719. The third-order valence-electron chi connectivity index (χ3n) is 2.28. The third-order valence-corrected chi connectivity index (χ3v) is 2.28. The number of hydrogen-bond acceptors (Lipinski definition) is 4. The van der Waals surface area contributed by atoms with E-state index in [0.29, 0.717) is 17.1 Å². The van der Waals surface area contributed by atoms with E-state index in [1.807, 2.05) is 0 Å². The van der Waals surface area contributed by atoms with E-state index in [-0.39, 0.29) is 12.2 Å². The molecule has 0 heterocycles. The zero-order valence-electron chi connectivity index (χ0n) is 9.69. The lowest BCUT2D eigenvalue weighted by Gasteiger charge is -2.14. The second kappa shape index (κ2) is 5.51. The summed E-state index contributed by atoms with van der Waals surface area (Å²) in [6.45, 7) is 1.44. The zero-order valence-corrected chi connectivity index (χ0v) is 9.69. The molecular weight excluding hydrogens is 208 g/mol. The summed E-state index contributed by atoms with van der Waals surface area (Å²) in [5, 5.41) is 9.87. The molecule has 0 aliphatic rings. The Morgan fingerprint density at radius 3 is 2.56 bits per heavy atom. The van der Waals surface area contributed by atoms with Crippen LogP contribution >= 0.6 is 0 Å². The van der Waals surface area contributed by atoms with Crippen LogP contribution in [0.5, 0.6) is 11.5 Å². The SMILES string of the molecule is COc1ccc(OC)c(C(O)CC(C)=O)c1. The van der Waals surface area contributed by atoms with Crippen molar-refractivity contribution >= 4 is 5.78 Å². The largest absolute Gasteiger partial charge is 0.497 e. The molecule has 1 rings (SSSR count). The van der Waals surface area contributed by atoms with Crippen LogP contribution in [0.4, 0.5) is 0 Å². The van der Waals surface area contributed by atoms with Crippen molar-refractivity contribution in [3.8, 4) is 11.5 Å². The number of hydrogen-bond donors (Lipinski definition) is 1. The van der Waals surface area contributed by atoms with Crippen molar-refractivity contribution < 1.29 is 19.4 Å². The average molecular weight is 224 g/mol. The Kier molecular flexibility index (Phi) is 4.31. The Balaban J connectivity index is 3.02. The maximum atomic E-state index is 10.9. The van der Waals surface area contributed by atoms with Crippen LogP contribution in [-0.2, 0) is 4.79 Å². The average Bonchev–Trinajstić information content (AvgIpc) is 2.27. The van der Waals surface area contributed by atoms with Crippen LogP contribution in [-0.4, -0.2) is 25.1 Å². The Morgan fingerprint density at radius 1 is 1.38 bits per heavy atom. The summed E-state index contributed by atoms with van der Waals surface area (Å²) >= 11 is 0. The molecule has 4 nitrogen and oxygen atoms in total. The van der Waals surface area contributed by atoms with Crippen molar-refractivity contribution in [3.05, 3.63) is 23.8 Å². The van der Waals surface area contributed by atoms with Gasteiger partial charge in [0.2, 0.25) is 0 Å². The molecule has 1 unspecified atom stereocenters. The highest BCUT2D eigenvalue weighted by molar-refractivity contribution is 5.76. The van der Waals surface area contributed by atoms with E-state index in [0.717, 1.165) is 0 Å². The van der Waals surface area contributed by atoms with Crippen molar-refractivity contribution in [2.24, 2.45) is 0 Å². The predicted molar refractivity (Wildman–Crippen MR) is 59.8 cm³/mol. The van der Waals surface area contributed by atoms with Gasteiger partial charge in [-0.15, -0.1) is 0 Å². The molecule has 0 radical (unpaired) electrons. The van der Waals surface area contributed by atoms with Gasteiger partial charge in [-0.05, 0) is 25.1 Å². The second-order valence-corrected chi connectivity index (χ2v) is 3.53. The Labute approximate surface area is 94.8 Å². The lowest BCUT2D eigenvalue weighted by atomic mass is 10.0. The van der Waals surface area contributed by atoms with Crippen LogP contribution in [0.3, 0.4) is 0 Å². The minimum atomic E-state index is -0.859. The first kappa shape index (κ1) is 12.5. The number of Topliss-reactive ketones (excluding diaryl/α,β-unsaturated/α-hetero) is 1. The van der Waals surface area contributed by atoms with E-state index in [1.54, 1.807) is 25.3 Å². The summed E-state index contributed by atoms with van der Waals surface area (Å²) in [6, 6.07) is 5.12. The number of ketones is 1. The van der Waals surface area contributed by atoms with Gasteiger partial charge < -0.3 is 14.6 Å². The van der Waals surface area contributed by atoms with E-state index in [9.17, 15) is 9.90 Å². The van der Waals surface area contributed by atoms with Crippen molar-refractivity contribution in [1.29, 1.82) is 0 Å². The fraction of sp³-hybridized carbons (Fsp3) is 0.417. The summed E-state index contributed by atoms with van der Waals surface area (Å²) in [6.07, 6.45) is -0.786. The fourth-order valence-electron chi connectivity index (χ4n) is 1.48. The van der Waals surface area contributed by atoms with Crippen LogP contribution in [0, 0.1) is 0 Å². The molecule has 0 spiro atoms. The van der Waals surface area contributed by atoms with E-state index in [4.69, 9.17) is 9.47 Å². The molecule has 0 bridgehead atoms. The first-order valence-electron chi connectivity index (χ1n) is 4.98. The first-order valence-corrected chi connectivity index (χ1v) is 4.98. The van der Waals surface area contributed by atoms with Crippen LogP contribution < -0.4 is 9.47 Å². The van der Waals surface area contributed by atoms with Gasteiger partial charge >= 0.3 is 0 Å². The van der Waals surface area contributed by atoms with Gasteiger partial charge in [0, 0.05) is 12.0 Å². The quantitative estimate of drug-likeness (QED) is 0.827. The second-order valence-electron chi connectivity index (χ2n) is 3.53. The molecule has 0 aliphatic heterocycles. The number of benzene rings is 1. The van der Waals surface area contributed by atoms with Crippen molar-refractivity contribution in [3.63, 3.8) is 0 Å². The standard InChI is InChI=1S/C12H16O4/c1-8(13)6-11(14)10-7-9(15-2)4-5-12(10)16-3/h4-5,7,11,14H,6H2,1-3H3. The number of methoxy groups -OCH3 is 2. The van der Waals surface area contributed by atoms with Crippen molar-refractivity contribution in [1.82, 2.24) is 0 Å². The van der Waals surface area contributed by atoms with Gasteiger partial charge in [-0.1, -0.05) is 0 Å². The van der Waals surface area contributed by atoms with Crippen LogP contribution in [0.2, 0.25) is 0 Å². The monoisotopic (exact) mass is 224 g/mol. The molecular formula is C12H16O4. The molecule has 0 saturated carbocycles. The summed E-state index contributed by atoms with van der Waals surface area (Å²) in [5.41, 5.74) is 0.567. The van der Waals surface area contributed by atoms with E-state index in [1.165, 1.54) is 14.0 Å². The van der Waals surface area contributed by atoms with Crippen LogP contribution in [0.25, 0.3) is 0 Å². The lowest BCUT2D eigenvalue weighted by molar-refractivity contribution is -0.118. The lowest BCUT2D eigenvalue weighted by Crippen LogP contribution is -2.05. The van der Waals surface area contributed by atoms with Gasteiger partial charge in [-0.3, -0.25) is 4.79 Å². The third kappa shape index (κ3) is 2.97. The molecule has 1 aromatic rings. The molecule has 0 fully saturated rings. The zero-order chi connectivity index (χ0) is 12.1. The van der Waals surface area contributed by atoms with E-state index < -0.39 is 6.10 Å². The van der Waals surface area contributed by atoms with Crippen molar-refractivity contribution in [2.45, 2.75) is 19.4 Å². The number of aliphatic hydroxyl groups is 1. The molecule has 0 aliphatic carbocycles. The maximum absolute atomic E-state index is 10.9. The highest BCUT2D eigenvalue weighted by atomic mass is 16.5. The highest BCUT2D eigenvalue weighted by Gasteiger charge is 2.16.